The van der Waals surface area contributed by atoms with Crippen LogP contribution < -0.4 is 9.64 Å². The van der Waals surface area contributed by atoms with Gasteiger partial charge in [-0.2, -0.15) is 0 Å². The fourth-order valence-electron chi connectivity index (χ4n) is 5.60. The predicted octanol–water partition coefficient (Wildman–Crippen LogP) is 3.13. The highest BCUT2D eigenvalue weighted by molar-refractivity contribution is 5.99. The molecule has 2 atom stereocenters. The number of Topliss-reactive ketones (excluding diaryl/α,β-unsaturated/α-hetero) is 1. The Morgan fingerprint density at radius 2 is 1.63 bits per heavy atom. The Kier molecular flexibility index (Phi) is 4.06. The largest absolute Gasteiger partial charge is 0.497 e. The maximum Gasteiger partial charge on any atom is 0.229 e. The summed E-state index contributed by atoms with van der Waals surface area (Å²) >= 11 is 0. The van der Waals surface area contributed by atoms with Crippen molar-refractivity contribution < 1.29 is 14.3 Å². The van der Waals surface area contributed by atoms with E-state index >= 15 is 0 Å². The van der Waals surface area contributed by atoms with E-state index in [0.29, 0.717) is 19.5 Å². The predicted molar refractivity (Wildman–Crippen MR) is 105 cm³/mol. The topological polar surface area (TPSA) is 49.9 Å². The van der Waals surface area contributed by atoms with Gasteiger partial charge in [-0.05, 0) is 42.5 Å². The zero-order valence-corrected chi connectivity index (χ0v) is 16.9. The van der Waals surface area contributed by atoms with Crippen molar-refractivity contribution in [2.75, 3.05) is 38.2 Å². The van der Waals surface area contributed by atoms with Gasteiger partial charge in [0.05, 0.1) is 12.5 Å². The molecule has 3 aliphatic rings. The van der Waals surface area contributed by atoms with E-state index in [1.54, 1.807) is 7.11 Å². The summed E-state index contributed by atoms with van der Waals surface area (Å²) in [6, 6.07) is 8.07. The number of hydrogen-bond donors (Lipinski definition) is 0. The van der Waals surface area contributed by atoms with Crippen LogP contribution in [-0.2, 0) is 9.59 Å². The van der Waals surface area contributed by atoms with E-state index in [1.165, 1.54) is 0 Å². The summed E-state index contributed by atoms with van der Waals surface area (Å²) < 4.78 is 5.23. The molecule has 1 aromatic carbocycles. The second-order valence-corrected chi connectivity index (χ2v) is 9.12. The van der Waals surface area contributed by atoms with Crippen molar-refractivity contribution in [3.63, 3.8) is 0 Å². The van der Waals surface area contributed by atoms with Crippen molar-refractivity contribution in [1.82, 2.24) is 4.90 Å². The minimum atomic E-state index is -0.499. The van der Waals surface area contributed by atoms with Gasteiger partial charge in [0.15, 0.2) is 0 Å². The lowest BCUT2D eigenvalue weighted by molar-refractivity contribution is -0.148. The maximum absolute atomic E-state index is 13.5. The molecule has 1 unspecified atom stereocenters. The number of piperazine rings is 1. The average Bonchev–Trinajstić information content (AvgIpc) is 2.98. The first kappa shape index (κ1) is 18.3. The normalized spacial score (nSPS) is 32.1. The van der Waals surface area contributed by atoms with Gasteiger partial charge < -0.3 is 14.5 Å². The van der Waals surface area contributed by atoms with Crippen LogP contribution in [0.25, 0.3) is 0 Å². The van der Waals surface area contributed by atoms with E-state index in [-0.39, 0.29) is 22.5 Å². The molecule has 0 radical (unpaired) electrons. The SMILES string of the molecule is COc1ccc(N2CCN(C(=O)[C@@]34CCC(C)(C(=O)C3)C4(C)C)CC2)cc1. The van der Waals surface area contributed by atoms with Crippen LogP contribution in [0.3, 0.4) is 0 Å². The first-order chi connectivity index (χ1) is 12.7. The Balaban J connectivity index is 1.47. The van der Waals surface area contributed by atoms with Crippen molar-refractivity contribution in [3.05, 3.63) is 24.3 Å². The molecule has 1 heterocycles. The van der Waals surface area contributed by atoms with Crippen molar-refractivity contribution >= 4 is 17.4 Å². The number of methoxy groups -OCH3 is 1. The van der Waals surface area contributed by atoms with Crippen molar-refractivity contribution in [2.45, 2.75) is 40.0 Å². The number of hydrogen-bond acceptors (Lipinski definition) is 4. The molecule has 0 N–H and O–H groups in total. The lowest BCUT2D eigenvalue weighted by atomic mass is 9.64. The highest BCUT2D eigenvalue weighted by Crippen LogP contribution is 2.71. The van der Waals surface area contributed by atoms with Crippen molar-refractivity contribution in [1.29, 1.82) is 0 Å². The van der Waals surface area contributed by atoms with Crippen LogP contribution in [0, 0.1) is 16.2 Å². The third-order valence-electron chi connectivity index (χ3n) is 8.12. The van der Waals surface area contributed by atoms with Crippen LogP contribution in [0.5, 0.6) is 5.75 Å². The monoisotopic (exact) mass is 370 g/mol. The van der Waals surface area contributed by atoms with Crippen LogP contribution in [0.15, 0.2) is 24.3 Å². The Morgan fingerprint density at radius 3 is 2.11 bits per heavy atom. The van der Waals surface area contributed by atoms with E-state index in [9.17, 15) is 9.59 Å². The molecule has 5 heteroatoms. The summed E-state index contributed by atoms with van der Waals surface area (Å²) in [5.41, 5.74) is 0.0570. The zero-order valence-electron chi connectivity index (χ0n) is 16.9. The summed E-state index contributed by atoms with van der Waals surface area (Å²) in [6.45, 7) is 9.41. The highest BCUT2D eigenvalue weighted by Gasteiger charge is 2.73. The number of carbonyl (C=O) groups excluding carboxylic acids is 2. The average molecular weight is 370 g/mol. The quantitative estimate of drug-likeness (QED) is 0.820. The molecule has 1 saturated heterocycles. The molecule has 0 spiro atoms. The summed E-state index contributed by atoms with van der Waals surface area (Å²) in [6.07, 6.45) is 2.12. The maximum atomic E-state index is 13.5. The molecule has 1 aromatic rings. The number of ether oxygens (including phenoxy) is 1. The van der Waals surface area contributed by atoms with Gasteiger partial charge in [-0.1, -0.05) is 20.8 Å². The fourth-order valence-corrected chi connectivity index (χ4v) is 5.60. The van der Waals surface area contributed by atoms with Crippen LogP contribution in [0.4, 0.5) is 5.69 Å². The van der Waals surface area contributed by atoms with Gasteiger partial charge in [0.2, 0.25) is 5.91 Å². The first-order valence-corrected chi connectivity index (χ1v) is 9.97. The molecule has 146 valence electrons. The van der Waals surface area contributed by atoms with Gasteiger partial charge in [0.25, 0.3) is 0 Å². The molecule has 5 nitrogen and oxygen atoms in total. The molecule has 27 heavy (non-hydrogen) atoms. The van der Waals surface area contributed by atoms with E-state index in [1.807, 2.05) is 17.0 Å². The lowest BCUT2D eigenvalue weighted by Gasteiger charge is -2.44. The Hall–Kier alpha value is -2.04. The lowest BCUT2D eigenvalue weighted by Crippen LogP contribution is -2.55. The smallest absolute Gasteiger partial charge is 0.229 e. The molecule has 1 amide bonds. The first-order valence-electron chi connectivity index (χ1n) is 9.97. The minimum absolute atomic E-state index is 0.205. The van der Waals surface area contributed by atoms with Gasteiger partial charge in [0, 0.05) is 43.7 Å². The van der Waals surface area contributed by atoms with Crippen LogP contribution in [-0.4, -0.2) is 49.9 Å². The van der Waals surface area contributed by atoms with Gasteiger partial charge in [-0.3, -0.25) is 9.59 Å². The molecule has 1 aliphatic heterocycles. The Morgan fingerprint density at radius 1 is 1.00 bits per heavy atom. The number of rotatable bonds is 3. The number of nitrogens with zero attached hydrogens (tertiary/aromatic N) is 2. The third kappa shape index (κ3) is 2.36. The summed E-state index contributed by atoms with van der Waals surface area (Å²) in [4.78, 5) is 30.5. The molecular weight excluding hydrogens is 340 g/mol. The number of fused-ring (bicyclic) bond motifs is 2. The van der Waals surface area contributed by atoms with Gasteiger partial charge in [-0.15, -0.1) is 0 Å². The van der Waals surface area contributed by atoms with Gasteiger partial charge >= 0.3 is 0 Å². The summed E-state index contributed by atoms with van der Waals surface area (Å²) in [5.74, 6) is 1.34. The Bertz CT molecular complexity index is 764. The number of benzene rings is 1. The molecule has 2 bridgehead atoms. The zero-order chi connectivity index (χ0) is 19.4. The fraction of sp³-hybridized carbons (Fsp3) is 0.636. The number of amides is 1. The molecule has 2 aliphatic carbocycles. The van der Waals surface area contributed by atoms with E-state index in [0.717, 1.165) is 37.4 Å². The van der Waals surface area contributed by atoms with E-state index in [4.69, 9.17) is 4.74 Å². The second-order valence-electron chi connectivity index (χ2n) is 9.12. The van der Waals surface area contributed by atoms with Crippen molar-refractivity contribution in [3.8, 4) is 5.75 Å². The third-order valence-corrected chi connectivity index (χ3v) is 8.12. The minimum Gasteiger partial charge on any atom is -0.497 e. The molecule has 2 saturated carbocycles. The second kappa shape index (κ2) is 5.98. The molecule has 3 fully saturated rings. The van der Waals surface area contributed by atoms with E-state index in [2.05, 4.69) is 37.8 Å². The number of ketones is 1. The number of anilines is 1. The summed E-state index contributed by atoms with van der Waals surface area (Å²) in [5, 5.41) is 0. The molecular formula is C22H30N2O3. The van der Waals surface area contributed by atoms with Gasteiger partial charge in [0.1, 0.15) is 11.5 Å². The van der Waals surface area contributed by atoms with Gasteiger partial charge in [-0.25, -0.2) is 0 Å². The standard InChI is InChI=1S/C22H30N2O3/c1-20(2)21(3)9-10-22(20,15-18(21)25)19(26)24-13-11-23(12-14-24)16-5-7-17(27-4)8-6-16/h5-8H,9-15H2,1-4H3/t21?,22-/m1/s1. The Labute approximate surface area is 161 Å². The van der Waals surface area contributed by atoms with E-state index < -0.39 is 5.41 Å². The summed E-state index contributed by atoms with van der Waals surface area (Å²) in [7, 11) is 1.67. The highest BCUT2D eigenvalue weighted by atomic mass is 16.5. The van der Waals surface area contributed by atoms with Crippen LogP contribution >= 0.6 is 0 Å². The van der Waals surface area contributed by atoms with Crippen LogP contribution in [0.2, 0.25) is 0 Å². The molecule has 0 aromatic heterocycles. The van der Waals surface area contributed by atoms with Crippen molar-refractivity contribution in [2.24, 2.45) is 16.2 Å². The number of carbonyl (C=O) groups is 2. The van der Waals surface area contributed by atoms with Crippen LogP contribution in [0.1, 0.15) is 40.0 Å². The molecule has 4 rings (SSSR count).